The van der Waals surface area contributed by atoms with Gasteiger partial charge in [-0.1, -0.05) is 12.8 Å². The van der Waals surface area contributed by atoms with E-state index in [0.29, 0.717) is 5.92 Å². The Bertz CT molecular complexity index is 337. The van der Waals surface area contributed by atoms with Crippen LogP contribution in [0.5, 0.6) is 0 Å². The van der Waals surface area contributed by atoms with E-state index in [1.54, 1.807) is 0 Å². The van der Waals surface area contributed by atoms with Crippen molar-refractivity contribution < 1.29 is 5.11 Å². The third kappa shape index (κ3) is 3.54. The van der Waals surface area contributed by atoms with Gasteiger partial charge in [0.2, 0.25) is 0 Å². The van der Waals surface area contributed by atoms with E-state index in [4.69, 9.17) is 0 Å². The molecule has 96 valence electrons. The highest BCUT2D eigenvalue weighted by molar-refractivity contribution is 4.91. The Labute approximate surface area is 103 Å². The van der Waals surface area contributed by atoms with E-state index >= 15 is 0 Å². The van der Waals surface area contributed by atoms with Gasteiger partial charge in [0.1, 0.15) is 5.82 Å². The Morgan fingerprint density at radius 2 is 2.29 bits per heavy atom. The number of aliphatic hydroxyl groups is 1. The van der Waals surface area contributed by atoms with Gasteiger partial charge in [0.05, 0.1) is 6.10 Å². The van der Waals surface area contributed by atoms with Crippen LogP contribution < -0.4 is 5.32 Å². The monoisotopic (exact) mass is 237 g/mol. The summed E-state index contributed by atoms with van der Waals surface area (Å²) in [7, 11) is 2.02. The van der Waals surface area contributed by atoms with Gasteiger partial charge in [-0.2, -0.15) is 0 Å². The first kappa shape index (κ1) is 12.6. The molecular formula is C13H23N3O. The summed E-state index contributed by atoms with van der Waals surface area (Å²) in [6.45, 7) is 1.87. The molecule has 0 saturated heterocycles. The zero-order valence-electron chi connectivity index (χ0n) is 10.6. The van der Waals surface area contributed by atoms with Crippen LogP contribution in [0.1, 0.15) is 31.5 Å². The molecule has 0 spiro atoms. The lowest BCUT2D eigenvalue weighted by atomic mass is 9.86. The van der Waals surface area contributed by atoms with Gasteiger partial charge in [0.25, 0.3) is 0 Å². The average molecular weight is 237 g/mol. The first-order valence-electron chi connectivity index (χ1n) is 6.62. The molecule has 2 unspecified atom stereocenters. The van der Waals surface area contributed by atoms with Crippen molar-refractivity contribution in [3.63, 3.8) is 0 Å². The van der Waals surface area contributed by atoms with Gasteiger partial charge in [-0.25, -0.2) is 4.98 Å². The average Bonchev–Trinajstić information content (AvgIpc) is 2.73. The van der Waals surface area contributed by atoms with Crippen molar-refractivity contribution in [2.45, 2.75) is 38.2 Å². The van der Waals surface area contributed by atoms with Gasteiger partial charge in [0.15, 0.2) is 0 Å². The first-order valence-corrected chi connectivity index (χ1v) is 6.62. The number of hydrogen-bond acceptors (Lipinski definition) is 3. The number of rotatable bonds is 5. The summed E-state index contributed by atoms with van der Waals surface area (Å²) in [5.41, 5.74) is 0. The van der Waals surface area contributed by atoms with Crippen molar-refractivity contribution in [3.8, 4) is 0 Å². The van der Waals surface area contributed by atoms with Crippen molar-refractivity contribution >= 4 is 0 Å². The van der Waals surface area contributed by atoms with Crippen LogP contribution >= 0.6 is 0 Å². The number of hydrogen-bond donors (Lipinski definition) is 2. The predicted octanol–water partition coefficient (Wildman–Crippen LogP) is 1.10. The van der Waals surface area contributed by atoms with Crippen molar-refractivity contribution in [1.82, 2.24) is 14.9 Å². The van der Waals surface area contributed by atoms with Gasteiger partial charge in [-0.15, -0.1) is 0 Å². The largest absolute Gasteiger partial charge is 0.393 e. The third-order valence-electron chi connectivity index (χ3n) is 3.72. The summed E-state index contributed by atoms with van der Waals surface area (Å²) < 4.78 is 2.05. The van der Waals surface area contributed by atoms with Crippen LogP contribution in [0.15, 0.2) is 12.4 Å². The molecule has 1 fully saturated rings. The summed E-state index contributed by atoms with van der Waals surface area (Å²) >= 11 is 0. The lowest BCUT2D eigenvalue weighted by Gasteiger charge is -2.27. The Hall–Kier alpha value is -0.870. The molecule has 1 aliphatic carbocycles. The molecule has 0 bridgehead atoms. The molecule has 1 saturated carbocycles. The zero-order chi connectivity index (χ0) is 12.1. The van der Waals surface area contributed by atoms with Crippen LogP contribution in [0.4, 0.5) is 0 Å². The van der Waals surface area contributed by atoms with Crippen molar-refractivity contribution in [3.05, 3.63) is 18.2 Å². The SMILES string of the molecule is Cn1ccnc1CCNCC1CCCCC1O. The van der Waals surface area contributed by atoms with Crippen LogP contribution in [0.2, 0.25) is 0 Å². The molecule has 1 aromatic rings. The molecule has 1 aliphatic rings. The quantitative estimate of drug-likeness (QED) is 0.754. The molecule has 4 nitrogen and oxygen atoms in total. The van der Waals surface area contributed by atoms with E-state index in [1.807, 2.05) is 19.4 Å². The summed E-state index contributed by atoms with van der Waals surface area (Å²) in [6.07, 6.45) is 9.26. The molecule has 0 amide bonds. The molecule has 2 atom stereocenters. The Morgan fingerprint density at radius 1 is 1.47 bits per heavy atom. The molecule has 1 heterocycles. The van der Waals surface area contributed by atoms with Gasteiger partial charge >= 0.3 is 0 Å². The van der Waals surface area contributed by atoms with E-state index in [9.17, 15) is 5.11 Å². The second kappa shape index (κ2) is 6.17. The number of aryl methyl sites for hydroxylation is 1. The van der Waals surface area contributed by atoms with Gasteiger partial charge in [-0.3, -0.25) is 0 Å². The Morgan fingerprint density at radius 3 is 3.00 bits per heavy atom. The summed E-state index contributed by atoms with van der Waals surface area (Å²) in [4.78, 5) is 4.29. The molecule has 2 N–H and O–H groups in total. The molecule has 4 heteroatoms. The highest BCUT2D eigenvalue weighted by Gasteiger charge is 2.22. The van der Waals surface area contributed by atoms with E-state index in [2.05, 4.69) is 14.9 Å². The number of aliphatic hydroxyl groups excluding tert-OH is 1. The second-order valence-electron chi connectivity index (χ2n) is 5.02. The lowest BCUT2D eigenvalue weighted by Crippen LogP contribution is -2.34. The van der Waals surface area contributed by atoms with Crippen LogP contribution in [0.25, 0.3) is 0 Å². The fourth-order valence-corrected chi connectivity index (χ4v) is 2.55. The van der Waals surface area contributed by atoms with E-state index in [-0.39, 0.29) is 6.10 Å². The maximum absolute atomic E-state index is 9.84. The molecule has 2 rings (SSSR count). The maximum atomic E-state index is 9.84. The van der Waals surface area contributed by atoms with Crippen LogP contribution in [-0.2, 0) is 13.5 Å². The summed E-state index contributed by atoms with van der Waals surface area (Å²) in [5.74, 6) is 1.56. The number of aromatic nitrogens is 2. The minimum absolute atomic E-state index is 0.0931. The standard InChI is InChI=1S/C13H23N3O/c1-16-9-8-15-13(16)6-7-14-10-11-4-2-3-5-12(11)17/h8-9,11-12,14,17H,2-7,10H2,1H3. The minimum atomic E-state index is -0.0931. The number of nitrogens with zero attached hydrogens (tertiary/aromatic N) is 2. The minimum Gasteiger partial charge on any atom is -0.393 e. The van der Waals surface area contributed by atoms with Crippen molar-refractivity contribution in [1.29, 1.82) is 0 Å². The maximum Gasteiger partial charge on any atom is 0.109 e. The van der Waals surface area contributed by atoms with Crippen molar-refractivity contribution in [2.75, 3.05) is 13.1 Å². The fraction of sp³-hybridized carbons (Fsp3) is 0.769. The van der Waals surface area contributed by atoms with E-state index < -0.39 is 0 Å². The van der Waals surface area contributed by atoms with Gasteiger partial charge in [-0.05, 0) is 18.8 Å². The molecule has 0 radical (unpaired) electrons. The zero-order valence-corrected chi connectivity index (χ0v) is 10.6. The van der Waals surface area contributed by atoms with E-state index in [1.165, 1.54) is 12.8 Å². The van der Waals surface area contributed by atoms with E-state index in [0.717, 1.165) is 38.2 Å². The molecule has 1 aromatic heterocycles. The highest BCUT2D eigenvalue weighted by Crippen LogP contribution is 2.23. The molecule has 0 aromatic carbocycles. The smallest absolute Gasteiger partial charge is 0.109 e. The topological polar surface area (TPSA) is 50.1 Å². The third-order valence-corrected chi connectivity index (χ3v) is 3.72. The fourth-order valence-electron chi connectivity index (χ4n) is 2.55. The summed E-state index contributed by atoms with van der Waals surface area (Å²) in [6, 6.07) is 0. The molecule has 17 heavy (non-hydrogen) atoms. The van der Waals surface area contributed by atoms with Crippen LogP contribution in [0, 0.1) is 5.92 Å². The normalized spacial score (nSPS) is 25.1. The van der Waals surface area contributed by atoms with Crippen LogP contribution in [0.3, 0.4) is 0 Å². The highest BCUT2D eigenvalue weighted by atomic mass is 16.3. The molecule has 0 aliphatic heterocycles. The van der Waals surface area contributed by atoms with Crippen molar-refractivity contribution in [2.24, 2.45) is 13.0 Å². The number of nitrogens with one attached hydrogen (secondary N) is 1. The van der Waals surface area contributed by atoms with Gasteiger partial charge in [0, 0.05) is 39.0 Å². The Balaban J connectivity index is 1.64. The summed E-state index contributed by atoms with van der Waals surface area (Å²) in [5, 5.41) is 13.3. The Kier molecular flexibility index (Phi) is 4.57. The van der Waals surface area contributed by atoms with Gasteiger partial charge < -0.3 is 15.0 Å². The second-order valence-corrected chi connectivity index (χ2v) is 5.02. The predicted molar refractivity (Wildman–Crippen MR) is 67.7 cm³/mol. The van der Waals surface area contributed by atoms with Crippen LogP contribution in [-0.4, -0.2) is 33.9 Å². The first-order chi connectivity index (χ1) is 8.27. The number of imidazole rings is 1. The molecular weight excluding hydrogens is 214 g/mol. The lowest BCUT2D eigenvalue weighted by molar-refractivity contribution is 0.0698.